The van der Waals surface area contributed by atoms with E-state index in [0.717, 1.165) is 43.9 Å². The summed E-state index contributed by atoms with van der Waals surface area (Å²) in [6.07, 6.45) is 8.80. The molecule has 5 rings (SSSR count). The van der Waals surface area contributed by atoms with E-state index in [9.17, 15) is 5.11 Å². The second-order valence-electron chi connectivity index (χ2n) is 5.72. The molecule has 0 bridgehead atoms. The van der Waals surface area contributed by atoms with Crippen molar-refractivity contribution in [3.63, 3.8) is 0 Å². The molecule has 0 spiro atoms. The van der Waals surface area contributed by atoms with E-state index in [4.69, 9.17) is 0 Å². The summed E-state index contributed by atoms with van der Waals surface area (Å²) in [4.78, 5) is 17.6. The van der Waals surface area contributed by atoms with Gasteiger partial charge >= 0.3 is 0 Å². The molecule has 4 heterocycles. The zero-order valence-corrected chi connectivity index (χ0v) is 13.8. The first-order valence-corrected chi connectivity index (χ1v) is 8.58. The van der Waals surface area contributed by atoms with Crippen molar-refractivity contribution in [1.29, 1.82) is 0 Å². The van der Waals surface area contributed by atoms with Crippen LogP contribution < -0.4 is 0 Å². The van der Waals surface area contributed by atoms with Gasteiger partial charge in [-0.1, -0.05) is 6.07 Å². The fourth-order valence-electron chi connectivity index (χ4n) is 3.05. The molecule has 0 aliphatic carbocycles. The van der Waals surface area contributed by atoms with Gasteiger partial charge in [-0.15, -0.1) is 11.3 Å². The molecule has 122 valence electrons. The molecular formula is C18H13N5OS. The van der Waals surface area contributed by atoms with Gasteiger partial charge in [0, 0.05) is 33.8 Å². The lowest BCUT2D eigenvalue weighted by Gasteiger charge is -2.05. The molecule has 0 atom stereocenters. The number of nitrogens with zero attached hydrogens (tertiary/aromatic N) is 2. The molecule has 0 aliphatic rings. The van der Waals surface area contributed by atoms with E-state index < -0.39 is 0 Å². The van der Waals surface area contributed by atoms with Crippen LogP contribution in [0.2, 0.25) is 0 Å². The van der Waals surface area contributed by atoms with E-state index in [0.29, 0.717) is 0 Å². The largest absolute Gasteiger partial charge is 0.507 e. The number of hydrogen-bond donors (Lipinski definition) is 4. The Morgan fingerprint density at radius 3 is 2.40 bits per heavy atom. The molecule has 0 radical (unpaired) electrons. The maximum Gasteiger partial charge on any atom is 0.124 e. The van der Waals surface area contributed by atoms with Crippen LogP contribution in [0.4, 0.5) is 0 Å². The number of H-pyrrole nitrogens is 3. The fourth-order valence-corrected chi connectivity index (χ4v) is 4.11. The lowest BCUT2D eigenvalue weighted by Crippen LogP contribution is -1.81. The molecule has 6 nitrogen and oxygen atoms in total. The number of aromatic amines is 3. The lowest BCUT2D eigenvalue weighted by atomic mass is 10.0. The minimum Gasteiger partial charge on any atom is -0.507 e. The first-order valence-electron chi connectivity index (χ1n) is 7.70. The van der Waals surface area contributed by atoms with Crippen molar-refractivity contribution in [2.45, 2.75) is 0 Å². The van der Waals surface area contributed by atoms with Crippen molar-refractivity contribution in [2.24, 2.45) is 0 Å². The molecule has 0 amide bonds. The molecular weight excluding hydrogens is 334 g/mol. The van der Waals surface area contributed by atoms with Crippen LogP contribution >= 0.6 is 11.3 Å². The number of nitrogens with one attached hydrogen (secondary N) is 3. The Kier molecular flexibility index (Phi) is 3.01. The van der Waals surface area contributed by atoms with Crippen LogP contribution in [0, 0.1) is 0 Å². The monoisotopic (exact) mass is 347 g/mol. The number of phenols is 1. The third-order valence-electron chi connectivity index (χ3n) is 4.28. The number of rotatable bonds is 3. The van der Waals surface area contributed by atoms with Gasteiger partial charge < -0.3 is 20.1 Å². The van der Waals surface area contributed by atoms with Gasteiger partial charge in [-0.05, 0) is 12.1 Å². The maximum absolute atomic E-state index is 10.6. The van der Waals surface area contributed by atoms with Crippen LogP contribution in [0.3, 0.4) is 0 Å². The molecule has 0 unspecified atom stereocenters. The molecule has 0 saturated carbocycles. The average Bonchev–Trinajstić information content (AvgIpc) is 3.38. The average molecular weight is 347 g/mol. The van der Waals surface area contributed by atoms with Crippen molar-refractivity contribution in [3.05, 3.63) is 54.8 Å². The Balaban J connectivity index is 1.62. The molecule has 4 N–H and O–H groups in total. The third kappa shape index (κ3) is 2.17. The molecule has 0 fully saturated rings. The molecule has 7 heteroatoms. The number of hydrogen-bond acceptors (Lipinski definition) is 4. The lowest BCUT2D eigenvalue weighted by molar-refractivity contribution is 0.477. The number of imidazole rings is 2. The van der Waals surface area contributed by atoms with Gasteiger partial charge in [0.1, 0.15) is 5.75 Å². The minimum atomic E-state index is 0.240. The van der Waals surface area contributed by atoms with Crippen LogP contribution in [-0.4, -0.2) is 30.0 Å². The first kappa shape index (κ1) is 14.1. The highest BCUT2D eigenvalue weighted by atomic mass is 32.1. The van der Waals surface area contributed by atoms with E-state index in [2.05, 4.69) is 30.3 Å². The van der Waals surface area contributed by atoms with E-state index >= 15 is 0 Å². The van der Waals surface area contributed by atoms with Gasteiger partial charge in [-0.3, -0.25) is 0 Å². The second kappa shape index (κ2) is 5.35. The van der Waals surface area contributed by atoms with Crippen LogP contribution in [0.15, 0.2) is 54.8 Å². The Morgan fingerprint density at radius 2 is 1.68 bits per heavy atom. The van der Waals surface area contributed by atoms with E-state index in [1.807, 2.05) is 18.3 Å². The number of aromatic hydroxyl groups is 1. The molecule has 4 aromatic heterocycles. The zero-order chi connectivity index (χ0) is 16.8. The Bertz CT molecular complexity index is 1150. The molecule has 25 heavy (non-hydrogen) atoms. The van der Waals surface area contributed by atoms with Crippen molar-refractivity contribution >= 4 is 21.6 Å². The highest BCUT2D eigenvalue weighted by Crippen LogP contribution is 2.42. The Morgan fingerprint density at radius 1 is 0.880 bits per heavy atom. The Labute approximate surface area is 146 Å². The van der Waals surface area contributed by atoms with Crippen molar-refractivity contribution in [3.8, 4) is 39.4 Å². The van der Waals surface area contributed by atoms with Crippen LogP contribution in [0.25, 0.3) is 43.9 Å². The summed E-state index contributed by atoms with van der Waals surface area (Å²) in [7, 11) is 0. The van der Waals surface area contributed by atoms with E-state index in [-0.39, 0.29) is 5.75 Å². The van der Waals surface area contributed by atoms with Gasteiger partial charge in [0.25, 0.3) is 0 Å². The number of benzene rings is 1. The summed E-state index contributed by atoms with van der Waals surface area (Å²) >= 11 is 1.64. The van der Waals surface area contributed by atoms with Crippen molar-refractivity contribution < 1.29 is 5.11 Å². The van der Waals surface area contributed by atoms with Gasteiger partial charge in [-0.2, -0.15) is 0 Å². The quantitative estimate of drug-likeness (QED) is 0.390. The second-order valence-corrected chi connectivity index (χ2v) is 6.60. The van der Waals surface area contributed by atoms with Gasteiger partial charge in [0.05, 0.1) is 46.7 Å². The highest BCUT2D eigenvalue weighted by Gasteiger charge is 2.16. The standard InChI is InChI=1S/C18H13N5OS/c24-16-3-10(14-5-19-8-22-14)1-2-11(16)13-7-25-18-12(4-21-17(13)18)15-6-20-9-23-15/h1-9,21,24H,(H,19,22)(H,20,23). The topological polar surface area (TPSA) is 93.4 Å². The number of fused-ring (bicyclic) bond motifs is 1. The van der Waals surface area contributed by atoms with Gasteiger partial charge in [-0.25, -0.2) is 9.97 Å². The molecule has 0 saturated heterocycles. The maximum atomic E-state index is 10.6. The summed E-state index contributed by atoms with van der Waals surface area (Å²) in [5.41, 5.74) is 6.62. The zero-order valence-electron chi connectivity index (χ0n) is 12.9. The Hall–Kier alpha value is -3.32. The summed E-state index contributed by atoms with van der Waals surface area (Å²) in [5, 5.41) is 12.6. The first-order chi connectivity index (χ1) is 12.3. The van der Waals surface area contributed by atoms with E-state index in [1.165, 1.54) is 0 Å². The molecule has 5 aromatic rings. The summed E-state index contributed by atoms with van der Waals surface area (Å²) in [5.74, 6) is 0.240. The van der Waals surface area contributed by atoms with Gasteiger partial charge in [0.2, 0.25) is 0 Å². The number of thiophene rings is 1. The van der Waals surface area contributed by atoms with Crippen LogP contribution in [-0.2, 0) is 0 Å². The van der Waals surface area contributed by atoms with E-state index in [1.54, 1.807) is 42.5 Å². The normalized spacial score (nSPS) is 11.4. The van der Waals surface area contributed by atoms with Crippen LogP contribution in [0.5, 0.6) is 5.75 Å². The third-order valence-corrected chi connectivity index (χ3v) is 5.30. The summed E-state index contributed by atoms with van der Waals surface area (Å²) in [6, 6.07) is 5.67. The number of phenolic OH excluding ortho intramolecular Hbond substituents is 1. The predicted molar refractivity (Wildman–Crippen MR) is 98.4 cm³/mol. The van der Waals surface area contributed by atoms with Crippen molar-refractivity contribution in [2.75, 3.05) is 0 Å². The molecule has 1 aromatic carbocycles. The van der Waals surface area contributed by atoms with Crippen LogP contribution in [0.1, 0.15) is 0 Å². The smallest absolute Gasteiger partial charge is 0.124 e. The highest BCUT2D eigenvalue weighted by molar-refractivity contribution is 7.18. The molecule has 0 aliphatic heterocycles. The summed E-state index contributed by atoms with van der Waals surface area (Å²) < 4.78 is 1.14. The predicted octanol–water partition coefficient (Wildman–Crippen LogP) is 4.38. The number of aromatic nitrogens is 5. The SMILES string of the molecule is Oc1cc(-c2cnc[nH]2)ccc1-c1csc2c(-c3cnc[nH]3)c[nH]c12. The van der Waals surface area contributed by atoms with Crippen molar-refractivity contribution in [1.82, 2.24) is 24.9 Å². The van der Waals surface area contributed by atoms with Gasteiger partial charge in [0.15, 0.2) is 0 Å². The fraction of sp³-hybridized carbons (Fsp3) is 0. The summed E-state index contributed by atoms with van der Waals surface area (Å²) in [6.45, 7) is 0. The minimum absolute atomic E-state index is 0.240.